The van der Waals surface area contributed by atoms with Crippen molar-refractivity contribution < 1.29 is 0 Å². The highest BCUT2D eigenvalue weighted by Crippen LogP contribution is 2.20. The molecule has 0 unspecified atom stereocenters. The summed E-state index contributed by atoms with van der Waals surface area (Å²) in [4.78, 5) is 12.1. The van der Waals surface area contributed by atoms with E-state index in [0.29, 0.717) is 11.4 Å². The molecule has 0 saturated carbocycles. The quantitative estimate of drug-likeness (QED) is 0.368. The van der Waals surface area contributed by atoms with Crippen LogP contribution >= 0.6 is 11.8 Å². The molecule has 0 spiro atoms. The zero-order valence-electron chi connectivity index (χ0n) is 9.00. The summed E-state index contributed by atoms with van der Waals surface area (Å²) >= 11 is 1.56. The van der Waals surface area contributed by atoms with Crippen molar-refractivity contribution in [3.05, 3.63) is 48.2 Å². The molecule has 3 N–H and O–H groups in total. The van der Waals surface area contributed by atoms with Gasteiger partial charge in [-0.25, -0.2) is 9.97 Å². The minimum atomic E-state index is -0.0103. The van der Waals surface area contributed by atoms with Crippen molar-refractivity contribution in [2.75, 3.05) is 0 Å². The van der Waals surface area contributed by atoms with Gasteiger partial charge in [-0.2, -0.15) is 0 Å². The fourth-order valence-electron chi connectivity index (χ4n) is 1.31. The second kappa shape index (κ2) is 5.40. The van der Waals surface area contributed by atoms with Crippen LogP contribution in [0.4, 0.5) is 0 Å². The first kappa shape index (κ1) is 11.5. The summed E-state index contributed by atoms with van der Waals surface area (Å²) in [5, 5.41) is 8.33. The Labute approximate surface area is 103 Å². The van der Waals surface area contributed by atoms with Crippen molar-refractivity contribution in [2.45, 2.75) is 10.8 Å². The molecule has 0 fully saturated rings. The van der Waals surface area contributed by atoms with E-state index in [0.717, 1.165) is 10.6 Å². The summed E-state index contributed by atoms with van der Waals surface area (Å²) < 4.78 is 0. The number of nitrogens with one attached hydrogen (secondary N) is 1. The topological polar surface area (TPSA) is 88.5 Å². The Balaban J connectivity index is 2.12. The van der Waals surface area contributed by atoms with Gasteiger partial charge in [-0.3, -0.25) is 10.4 Å². The molecule has 5 nitrogen and oxygen atoms in total. The first-order valence-corrected chi connectivity index (χ1v) is 5.93. The van der Waals surface area contributed by atoms with E-state index >= 15 is 0 Å². The van der Waals surface area contributed by atoms with Crippen LogP contribution in [-0.4, -0.2) is 20.8 Å². The number of pyridine rings is 1. The van der Waals surface area contributed by atoms with Crippen LogP contribution < -0.4 is 5.73 Å². The van der Waals surface area contributed by atoms with Crippen molar-refractivity contribution in [3.63, 3.8) is 0 Å². The van der Waals surface area contributed by atoms with E-state index in [1.807, 2.05) is 18.2 Å². The SMILES string of the molecule is N=C(N)c1ncccc1CSc1ccncn1. The van der Waals surface area contributed by atoms with Gasteiger partial charge in [-0.15, -0.1) is 11.8 Å². The molecule has 2 aromatic rings. The highest BCUT2D eigenvalue weighted by atomic mass is 32.2. The van der Waals surface area contributed by atoms with Gasteiger partial charge in [0, 0.05) is 18.1 Å². The summed E-state index contributed by atoms with van der Waals surface area (Å²) in [5.41, 5.74) is 6.94. The van der Waals surface area contributed by atoms with Gasteiger partial charge in [0.2, 0.25) is 0 Å². The number of hydrogen-bond donors (Lipinski definition) is 2. The van der Waals surface area contributed by atoms with Crippen LogP contribution in [0, 0.1) is 5.41 Å². The van der Waals surface area contributed by atoms with E-state index in [-0.39, 0.29) is 5.84 Å². The third-order valence-corrected chi connectivity index (χ3v) is 3.07. The predicted molar refractivity (Wildman–Crippen MR) is 66.8 cm³/mol. The second-order valence-electron chi connectivity index (χ2n) is 3.26. The summed E-state index contributed by atoms with van der Waals surface area (Å²) in [7, 11) is 0. The molecule has 17 heavy (non-hydrogen) atoms. The maximum absolute atomic E-state index is 7.44. The first-order valence-electron chi connectivity index (χ1n) is 4.94. The van der Waals surface area contributed by atoms with Crippen LogP contribution in [0.3, 0.4) is 0 Å². The average molecular weight is 245 g/mol. The van der Waals surface area contributed by atoms with Crippen molar-refractivity contribution in [2.24, 2.45) is 5.73 Å². The Morgan fingerprint density at radius 3 is 2.88 bits per heavy atom. The molecule has 86 valence electrons. The molecule has 0 atom stereocenters. The van der Waals surface area contributed by atoms with Gasteiger partial charge in [0.05, 0.1) is 5.03 Å². The standard InChI is InChI=1S/C11H11N5S/c12-11(13)10-8(2-1-4-15-10)6-17-9-3-5-14-7-16-9/h1-5,7H,6H2,(H3,12,13). The van der Waals surface area contributed by atoms with Crippen molar-refractivity contribution in [3.8, 4) is 0 Å². The molecule has 0 amide bonds. The highest BCUT2D eigenvalue weighted by molar-refractivity contribution is 7.98. The highest BCUT2D eigenvalue weighted by Gasteiger charge is 2.06. The van der Waals surface area contributed by atoms with Gasteiger partial charge < -0.3 is 5.73 Å². The third-order valence-electron chi connectivity index (χ3n) is 2.08. The molecule has 0 bridgehead atoms. The number of hydrogen-bond acceptors (Lipinski definition) is 5. The normalized spacial score (nSPS) is 10.1. The molecule has 2 aromatic heterocycles. The fraction of sp³-hybridized carbons (Fsp3) is 0.0909. The lowest BCUT2D eigenvalue weighted by Crippen LogP contribution is -2.15. The Hall–Kier alpha value is -1.95. The smallest absolute Gasteiger partial charge is 0.142 e. The van der Waals surface area contributed by atoms with Gasteiger partial charge in [-0.1, -0.05) is 6.07 Å². The van der Waals surface area contributed by atoms with Crippen molar-refractivity contribution in [1.82, 2.24) is 15.0 Å². The molecule has 0 aromatic carbocycles. The molecule has 0 radical (unpaired) electrons. The number of thioether (sulfide) groups is 1. The van der Waals surface area contributed by atoms with Crippen LogP contribution in [0.1, 0.15) is 11.3 Å². The summed E-state index contributed by atoms with van der Waals surface area (Å²) in [6.45, 7) is 0. The van der Waals surface area contributed by atoms with Crippen LogP contribution in [0.25, 0.3) is 0 Å². The molecule has 0 aliphatic heterocycles. The third kappa shape index (κ3) is 3.01. The Kier molecular flexibility index (Phi) is 3.66. The number of amidine groups is 1. The van der Waals surface area contributed by atoms with E-state index in [1.165, 1.54) is 6.33 Å². The average Bonchev–Trinajstić information content (AvgIpc) is 2.38. The second-order valence-corrected chi connectivity index (χ2v) is 4.26. The van der Waals surface area contributed by atoms with E-state index in [4.69, 9.17) is 11.1 Å². The van der Waals surface area contributed by atoms with E-state index in [1.54, 1.807) is 24.2 Å². The van der Waals surface area contributed by atoms with Crippen LogP contribution in [0.5, 0.6) is 0 Å². The first-order chi connectivity index (χ1) is 8.27. The van der Waals surface area contributed by atoms with Crippen LogP contribution in [-0.2, 0) is 5.75 Å². The fourth-order valence-corrected chi connectivity index (χ4v) is 2.13. The molecule has 6 heteroatoms. The molecule has 2 heterocycles. The van der Waals surface area contributed by atoms with Crippen molar-refractivity contribution in [1.29, 1.82) is 5.41 Å². The minimum absolute atomic E-state index is 0.0103. The lowest BCUT2D eigenvalue weighted by atomic mass is 10.2. The van der Waals surface area contributed by atoms with E-state index < -0.39 is 0 Å². The van der Waals surface area contributed by atoms with Gasteiger partial charge in [0.1, 0.15) is 17.9 Å². The summed E-state index contributed by atoms with van der Waals surface area (Å²) in [5.74, 6) is 0.670. The Morgan fingerprint density at radius 1 is 1.29 bits per heavy atom. The van der Waals surface area contributed by atoms with Gasteiger partial charge in [0.15, 0.2) is 0 Å². The molecular formula is C11H11N5S. The van der Waals surface area contributed by atoms with E-state index in [9.17, 15) is 0 Å². The maximum Gasteiger partial charge on any atom is 0.142 e. The zero-order valence-corrected chi connectivity index (χ0v) is 9.81. The van der Waals surface area contributed by atoms with Gasteiger partial charge >= 0.3 is 0 Å². The summed E-state index contributed by atoms with van der Waals surface area (Å²) in [6.07, 6.45) is 4.84. The van der Waals surface area contributed by atoms with Crippen molar-refractivity contribution >= 4 is 17.6 Å². The number of aromatic nitrogens is 3. The summed E-state index contributed by atoms with van der Waals surface area (Å²) in [6, 6.07) is 5.59. The zero-order chi connectivity index (χ0) is 12.1. The van der Waals surface area contributed by atoms with E-state index in [2.05, 4.69) is 15.0 Å². The van der Waals surface area contributed by atoms with Crippen LogP contribution in [0.2, 0.25) is 0 Å². The predicted octanol–water partition coefficient (Wildman–Crippen LogP) is 1.45. The number of nitrogens with two attached hydrogens (primary N) is 1. The molecule has 0 aliphatic rings. The molecule has 2 rings (SSSR count). The Bertz CT molecular complexity index is 514. The van der Waals surface area contributed by atoms with Gasteiger partial charge in [0.25, 0.3) is 0 Å². The largest absolute Gasteiger partial charge is 0.382 e. The minimum Gasteiger partial charge on any atom is -0.382 e. The molecule has 0 aliphatic carbocycles. The number of rotatable bonds is 4. The maximum atomic E-state index is 7.44. The van der Waals surface area contributed by atoms with Gasteiger partial charge in [-0.05, 0) is 17.7 Å². The monoisotopic (exact) mass is 245 g/mol. The molecule has 0 saturated heterocycles. The Morgan fingerprint density at radius 2 is 2.18 bits per heavy atom. The number of nitrogen functional groups attached to an aromatic ring is 1. The number of nitrogens with zero attached hydrogens (tertiary/aromatic N) is 3. The van der Waals surface area contributed by atoms with Crippen LogP contribution in [0.15, 0.2) is 41.9 Å². The lowest BCUT2D eigenvalue weighted by Gasteiger charge is -2.05. The molecular weight excluding hydrogens is 234 g/mol. The lowest BCUT2D eigenvalue weighted by molar-refractivity contribution is 1.04.